The van der Waals surface area contributed by atoms with Crippen LogP contribution in [0, 0.1) is 0 Å². The summed E-state index contributed by atoms with van der Waals surface area (Å²) < 4.78 is 41.0. The minimum Gasteiger partial charge on any atom is -0.482 e. The Hall–Kier alpha value is -2.65. The molecule has 1 heterocycles. The van der Waals surface area contributed by atoms with Crippen LogP contribution in [0.25, 0.3) is 0 Å². The monoisotopic (exact) mass is 304 g/mol. The van der Waals surface area contributed by atoms with Gasteiger partial charge in [0.15, 0.2) is 6.61 Å². The number of rotatable bonds is 2. The fraction of sp³-hybridized carbons (Fsp3) is 0.273. The number of anilines is 3. The Morgan fingerprint density at radius 3 is 2.81 bits per heavy atom. The molecule has 0 unspecified atom stereocenters. The molecular weight excluding hydrogens is 293 g/mol. The molecule has 21 heavy (non-hydrogen) atoms. The first-order chi connectivity index (χ1) is 9.74. The molecule has 114 valence electrons. The molecule has 0 spiro atoms. The number of halogens is 3. The highest BCUT2D eigenvalue weighted by Gasteiger charge is 2.28. The summed E-state index contributed by atoms with van der Waals surface area (Å²) in [6, 6.07) is 1.59. The first-order valence-electron chi connectivity index (χ1n) is 5.72. The van der Waals surface area contributed by atoms with Crippen molar-refractivity contribution in [1.82, 2.24) is 5.32 Å². The molecule has 0 aromatic heterocycles. The van der Waals surface area contributed by atoms with Crippen LogP contribution in [-0.2, 0) is 4.79 Å². The Labute approximate surface area is 116 Å². The number of nitrogens with one attached hydrogen (secondary N) is 3. The number of fused-ring (bicyclic) bond motifs is 1. The molecule has 5 N–H and O–H groups in total. The number of nitrogens with two attached hydrogens (primary N) is 1. The fourth-order valence-corrected chi connectivity index (χ4v) is 1.60. The highest BCUT2D eigenvalue weighted by Crippen LogP contribution is 2.35. The van der Waals surface area contributed by atoms with E-state index in [-0.39, 0.29) is 29.6 Å². The van der Waals surface area contributed by atoms with Gasteiger partial charge in [0.2, 0.25) is 0 Å². The van der Waals surface area contributed by atoms with Crippen molar-refractivity contribution < 1.29 is 27.5 Å². The van der Waals surface area contributed by atoms with Gasteiger partial charge in [-0.1, -0.05) is 0 Å². The van der Waals surface area contributed by atoms with Gasteiger partial charge in [-0.2, -0.15) is 13.2 Å². The Morgan fingerprint density at radius 1 is 1.43 bits per heavy atom. The minimum atomic E-state index is -4.51. The Bertz CT molecular complexity index is 589. The van der Waals surface area contributed by atoms with Gasteiger partial charge in [0, 0.05) is 6.07 Å². The van der Waals surface area contributed by atoms with E-state index in [1.165, 1.54) is 12.1 Å². The SMILES string of the molecule is Nc1cc2c(cc1NC(=O)NCC(F)(F)F)NC(=O)CO2. The third-order valence-electron chi connectivity index (χ3n) is 2.48. The first-order valence-corrected chi connectivity index (χ1v) is 5.72. The van der Waals surface area contributed by atoms with E-state index in [2.05, 4.69) is 10.6 Å². The van der Waals surface area contributed by atoms with E-state index in [4.69, 9.17) is 10.5 Å². The minimum absolute atomic E-state index is 0.0548. The number of amides is 3. The van der Waals surface area contributed by atoms with E-state index in [9.17, 15) is 22.8 Å². The molecule has 3 amide bonds. The van der Waals surface area contributed by atoms with Gasteiger partial charge in [0.1, 0.15) is 12.3 Å². The number of hydrogen-bond acceptors (Lipinski definition) is 4. The lowest BCUT2D eigenvalue weighted by atomic mass is 10.2. The second-order valence-corrected chi connectivity index (χ2v) is 4.20. The molecule has 10 heteroatoms. The van der Waals surface area contributed by atoms with Crippen molar-refractivity contribution in [1.29, 1.82) is 0 Å². The van der Waals surface area contributed by atoms with Crippen LogP contribution in [0.15, 0.2) is 12.1 Å². The summed E-state index contributed by atoms with van der Waals surface area (Å²) in [7, 11) is 0. The maximum absolute atomic E-state index is 12.0. The average molecular weight is 304 g/mol. The average Bonchev–Trinajstić information content (AvgIpc) is 2.37. The lowest BCUT2D eigenvalue weighted by Crippen LogP contribution is -2.36. The van der Waals surface area contributed by atoms with Crippen molar-refractivity contribution in [2.75, 3.05) is 29.5 Å². The topological polar surface area (TPSA) is 105 Å². The number of benzene rings is 1. The van der Waals surface area contributed by atoms with Crippen molar-refractivity contribution in [3.8, 4) is 5.75 Å². The van der Waals surface area contributed by atoms with Gasteiger partial charge in [-0.15, -0.1) is 0 Å². The summed E-state index contributed by atoms with van der Waals surface area (Å²) in [5, 5.41) is 6.29. The molecule has 1 aliphatic heterocycles. The van der Waals surface area contributed by atoms with Crippen LogP contribution in [0.4, 0.5) is 35.0 Å². The predicted molar refractivity (Wildman–Crippen MR) is 68.1 cm³/mol. The fourth-order valence-electron chi connectivity index (χ4n) is 1.60. The van der Waals surface area contributed by atoms with Crippen LogP contribution in [0.2, 0.25) is 0 Å². The Kier molecular flexibility index (Phi) is 3.78. The molecule has 0 saturated heterocycles. The molecule has 0 saturated carbocycles. The molecule has 0 bridgehead atoms. The third kappa shape index (κ3) is 3.91. The van der Waals surface area contributed by atoms with Gasteiger partial charge >= 0.3 is 12.2 Å². The molecule has 2 rings (SSSR count). The Balaban J connectivity index is 2.08. The molecular formula is C11H11F3N4O3. The number of carbonyl (C=O) groups is 2. The van der Waals surface area contributed by atoms with Crippen molar-refractivity contribution in [3.05, 3.63) is 12.1 Å². The molecule has 1 aliphatic rings. The van der Waals surface area contributed by atoms with E-state index >= 15 is 0 Å². The largest absolute Gasteiger partial charge is 0.482 e. The number of nitrogen functional groups attached to an aromatic ring is 1. The van der Waals surface area contributed by atoms with Crippen LogP contribution in [0.3, 0.4) is 0 Å². The van der Waals surface area contributed by atoms with E-state index in [0.29, 0.717) is 5.75 Å². The van der Waals surface area contributed by atoms with Gasteiger partial charge in [-0.25, -0.2) is 4.79 Å². The first kappa shape index (κ1) is 14.8. The predicted octanol–water partition coefficient (Wildman–Crippen LogP) is 1.28. The molecule has 0 aliphatic carbocycles. The normalized spacial score (nSPS) is 13.8. The number of carbonyl (C=O) groups excluding carboxylic acids is 2. The number of ether oxygens (including phenoxy) is 1. The van der Waals surface area contributed by atoms with E-state index < -0.39 is 18.8 Å². The summed E-state index contributed by atoms with van der Waals surface area (Å²) >= 11 is 0. The Morgan fingerprint density at radius 2 is 2.14 bits per heavy atom. The molecule has 1 aromatic carbocycles. The van der Waals surface area contributed by atoms with E-state index in [1.54, 1.807) is 5.32 Å². The zero-order valence-electron chi connectivity index (χ0n) is 10.5. The molecule has 0 atom stereocenters. The second kappa shape index (κ2) is 5.38. The summed E-state index contributed by atoms with van der Waals surface area (Å²) in [5.74, 6) is -0.0758. The van der Waals surface area contributed by atoms with E-state index in [0.717, 1.165) is 0 Å². The standard InChI is InChI=1S/C11H11F3N4O3/c12-11(13,14)4-16-10(20)18-6-2-7-8(1-5(6)15)21-3-9(19)17-7/h1-2H,3-4,15H2,(H,17,19)(H2,16,18,20). The number of alkyl halides is 3. The van der Waals surface area contributed by atoms with Gasteiger partial charge in [0.25, 0.3) is 5.91 Å². The van der Waals surface area contributed by atoms with Crippen LogP contribution in [-0.4, -0.2) is 31.3 Å². The van der Waals surface area contributed by atoms with Crippen molar-refractivity contribution in [2.24, 2.45) is 0 Å². The summed E-state index contributed by atoms with van der Waals surface area (Å²) in [6.45, 7) is -1.63. The quantitative estimate of drug-likeness (QED) is 0.618. The summed E-state index contributed by atoms with van der Waals surface area (Å²) in [5.41, 5.74) is 6.07. The lowest BCUT2D eigenvalue weighted by molar-refractivity contribution is -0.122. The van der Waals surface area contributed by atoms with Crippen molar-refractivity contribution >= 4 is 29.0 Å². The number of hydrogen-bond donors (Lipinski definition) is 4. The molecule has 0 fully saturated rings. The molecule has 0 radical (unpaired) electrons. The smallest absolute Gasteiger partial charge is 0.405 e. The van der Waals surface area contributed by atoms with Crippen LogP contribution < -0.4 is 26.4 Å². The lowest BCUT2D eigenvalue weighted by Gasteiger charge is -2.20. The van der Waals surface area contributed by atoms with Crippen LogP contribution >= 0.6 is 0 Å². The van der Waals surface area contributed by atoms with E-state index in [1.807, 2.05) is 0 Å². The molecule has 1 aromatic rings. The second-order valence-electron chi connectivity index (χ2n) is 4.20. The van der Waals surface area contributed by atoms with Gasteiger partial charge in [0.05, 0.1) is 17.1 Å². The summed E-state index contributed by atoms with van der Waals surface area (Å²) in [4.78, 5) is 22.5. The zero-order chi connectivity index (χ0) is 15.6. The maximum Gasteiger partial charge on any atom is 0.405 e. The highest BCUT2D eigenvalue weighted by molar-refractivity contribution is 5.99. The van der Waals surface area contributed by atoms with Gasteiger partial charge < -0.3 is 26.4 Å². The third-order valence-corrected chi connectivity index (χ3v) is 2.48. The summed E-state index contributed by atoms with van der Waals surface area (Å²) in [6.07, 6.45) is -4.51. The number of urea groups is 1. The van der Waals surface area contributed by atoms with Crippen molar-refractivity contribution in [3.63, 3.8) is 0 Å². The van der Waals surface area contributed by atoms with Crippen LogP contribution in [0.1, 0.15) is 0 Å². The van der Waals surface area contributed by atoms with Gasteiger partial charge in [-0.3, -0.25) is 4.79 Å². The van der Waals surface area contributed by atoms with Crippen LogP contribution in [0.5, 0.6) is 5.75 Å². The van der Waals surface area contributed by atoms with Crippen molar-refractivity contribution in [2.45, 2.75) is 6.18 Å². The molecule has 7 nitrogen and oxygen atoms in total. The van der Waals surface area contributed by atoms with Gasteiger partial charge in [-0.05, 0) is 6.07 Å². The maximum atomic E-state index is 12.0. The zero-order valence-corrected chi connectivity index (χ0v) is 10.5. The highest BCUT2D eigenvalue weighted by atomic mass is 19.4.